The van der Waals surface area contributed by atoms with Gasteiger partial charge >= 0.3 is 0 Å². The SMILES string of the molecule is Fc1ccc(N=Cc2ccc(N3CCOCC3)c(F)c2)cc1Cl. The van der Waals surface area contributed by atoms with Gasteiger partial charge in [0.05, 0.1) is 29.6 Å². The second-order valence-corrected chi connectivity index (χ2v) is 5.57. The van der Waals surface area contributed by atoms with Crippen molar-refractivity contribution >= 4 is 29.2 Å². The van der Waals surface area contributed by atoms with Crippen LogP contribution in [-0.4, -0.2) is 32.5 Å². The standard InChI is InChI=1S/C17H15ClF2N2O/c18-14-10-13(2-3-15(14)19)21-11-12-1-4-17(16(20)9-12)22-5-7-23-8-6-22/h1-4,9-11H,5-8H2. The van der Waals surface area contributed by atoms with Gasteiger partial charge in [-0.3, -0.25) is 4.99 Å². The molecular formula is C17H15ClF2N2O. The average Bonchev–Trinajstić information content (AvgIpc) is 2.57. The van der Waals surface area contributed by atoms with Crippen molar-refractivity contribution in [2.75, 3.05) is 31.2 Å². The highest BCUT2D eigenvalue weighted by molar-refractivity contribution is 6.31. The summed E-state index contributed by atoms with van der Waals surface area (Å²) < 4.78 is 32.6. The van der Waals surface area contributed by atoms with Gasteiger partial charge < -0.3 is 9.64 Å². The van der Waals surface area contributed by atoms with Gasteiger partial charge in [0, 0.05) is 19.3 Å². The summed E-state index contributed by atoms with van der Waals surface area (Å²) >= 11 is 5.70. The Kier molecular flexibility index (Phi) is 4.88. The lowest BCUT2D eigenvalue weighted by atomic mass is 10.2. The number of nitrogens with zero attached hydrogens (tertiary/aromatic N) is 2. The van der Waals surface area contributed by atoms with Crippen LogP contribution in [0.1, 0.15) is 5.56 Å². The number of morpholine rings is 1. The molecule has 1 aliphatic rings. The van der Waals surface area contributed by atoms with Crippen molar-refractivity contribution in [2.24, 2.45) is 4.99 Å². The maximum atomic E-state index is 14.3. The van der Waals surface area contributed by atoms with Gasteiger partial charge in [0.25, 0.3) is 0 Å². The molecule has 0 aliphatic carbocycles. The number of hydrogen-bond acceptors (Lipinski definition) is 3. The molecule has 0 atom stereocenters. The van der Waals surface area contributed by atoms with Gasteiger partial charge in [0.15, 0.2) is 0 Å². The van der Waals surface area contributed by atoms with E-state index in [9.17, 15) is 8.78 Å². The topological polar surface area (TPSA) is 24.8 Å². The highest BCUT2D eigenvalue weighted by Crippen LogP contribution is 2.23. The van der Waals surface area contributed by atoms with E-state index in [1.807, 2.05) is 4.90 Å². The number of aliphatic imine (C=N–C) groups is 1. The van der Waals surface area contributed by atoms with Gasteiger partial charge in [-0.2, -0.15) is 0 Å². The normalized spacial score (nSPS) is 15.3. The summed E-state index contributed by atoms with van der Waals surface area (Å²) in [5.74, 6) is -0.792. The fraction of sp³-hybridized carbons (Fsp3) is 0.235. The minimum absolute atomic E-state index is 0.00787. The minimum Gasteiger partial charge on any atom is -0.378 e. The molecule has 1 fully saturated rings. The van der Waals surface area contributed by atoms with Crippen LogP contribution in [0.25, 0.3) is 0 Å². The van der Waals surface area contributed by atoms with Crippen molar-refractivity contribution in [3.05, 3.63) is 58.6 Å². The van der Waals surface area contributed by atoms with Gasteiger partial charge in [-0.1, -0.05) is 17.7 Å². The fourth-order valence-electron chi connectivity index (χ4n) is 2.38. The third-order valence-corrected chi connectivity index (χ3v) is 3.88. The number of rotatable bonds is 3. The van der Waals surface area contributed by atoms with Gasteiger partial charge in [0.2, 0.25) is 0 Å². The van der Waals surface area contributed by atoms with E-state index < -0.39 is 5.82 Å². The molecule has 120 valence electrons. The molecule has 0 amide bonds. The van der Waals surface area contributed by atoms with E-state index in [1.54, 1.807) is 12.1 Å². The zero-order chi connectivity index (χ0) is 16.2. The number of anilines is 1. The van der Waals surface area contributed by atoms with Crippen molar-refractivity contribution in [1.29, 1.82) is 0 Å². The van der Waals surface area contributed by atoms with Gasteiger partial charge in [0.1, 0.15) is 11.6 Å². The summed E-state index contributed by atoms with van der Waals surface area (Å²) in [6, 6.07) is 9.14. The van der Waals surface area contributed by atoms with Crippen LogP contribution in [0.2, 0.25) is 5.02 Å². The highest BCUT2D eigenvalue weighted by atomic mass is 35.5. The van der Waals surface area contributed by atoms with Crippen LogP contribution in [0.3, 0.4) is 0 Å². The number of ether oxygens (including phenoxy) is 1. The summed E-state index contributed by atoms with van der Waals surface area (Å²) in [5.41, 5.74) is 1.70. The molecule has 2 aromatic carbocycles. The van der Waals surface area contributed by atoms with Crippen LogP contribution in [-0.2, 0) is 4.74 Å². The van der Waals surface area contributed by atoms with Crippen molar-refractivity contribution in [1.82, 2.24) is 0 Å². The first-order valence-electron chi connectivity index (χ1n) is 7.25. The Morgan fingerprint density at radius 3 is 2.52 bits per heavy atom. The third kappa shape index (κ3) is 3.86. The quantitative estimate of drug-likeness (QED) is 0.784. The number of hydrogen-bond donors (Lipinski definition) is 0. The van der Waals surface area contributed by atoms with E-state index >= 15 is 0 Å². The van der Waals surface area contributed by atoms with Crippen molar-refractivity contribution in [2.45, 2.75) is 0 Å². The summed E-state index contributed by atoms with van der Waals surface area (Å²) in [6.07, 6.45) is 1.52. The zero-order valence-corrected chi connectivity index (χ0v) is 13.1. The van der Waals surface area contributed by atoms with E-state index in [4.69, 9.17) is 16.3 Å². The predicted octanol–water partition coefficient (Wildman–Crippen LogP) is 4.21. The molecule has 3 rings (SSSR count). The Labute approximate surface area is 138 Å². The molecule has 3 nitrogen and oxygen atoms in total. The molecule has 1 heterocycles. The maximum Gasteiger partial charge on any atom is 0.147 e. The highest BCUT2D eigenvalue weighted by Gasteiger charge is 2.14. The zero-order valence-electron chi connectivity index (χ0n) is 12.3. The number of halogens is 3. The first-order valence-corrected chi connectivity index (χ1v) is 7.62. The van der Waals surface area contributed by atoms with Crippen LogP contribution >= 0.6 is 11.6 Å². The lowest BCUT2D eigenvalue weighted by Crippen LogP contribution is -2.36. The fourth-order valence-corrected chi connectivity index (χ4v) is 2.55. The van der Waals surface area contributed by atoms with Crippen LogP contribution in [0, 0.1) is 11.6 Å². The third-order valence-electron chi connectivity index (χ3n) is 3.59. The second-order valence-electron chi connectivity index (χ2n) is 5.17. The Bertz CT molecular complexity index is 731. The maximum absolute atomic E-state index is 14.3. The van der Waals surface area contributed by atoms with Crippen LogP contribution in [0.15, 0.2) is 41.4 Å². The lowest BCUT2D eigenvalue weighted by molar-refractivity contribution is 0.122. The van der Waals surface area contributed by atoms with E-state index in [-0.39, 0.29) is 10.8 Å². The Balaban J connectivity index is 1.76. The van der Waals surface area contributed by atoms with E-state index in [0.29, 0.717) is 43.2 Å². The number of benzene rings is 2. The Hall–Kier alpha value is -1.98. The van der Waals surface area contributed by atoms with Gasteiger partial charge in [-0.15, -0.1) is 0 Å². The molecule has 0 unspecified atom stereocenters. The summed E-state index contributed by atoms with van der Waals surface area (Å²) in [5, 5.41) is 0.00787. The summed E-state index contributed by atoms with van der Waals surface area (Å²) in [4.78, 5) is 6.14. The van der Waals surface area contributed by atoms with Crippen LogP contribution < -0.4 is 4.90 Å². The first kappa shape index (κ1) is 15.9. The molecule has 0 radical (unpaired) electrons. The van der Waals surface area contributed by atoms with Gasteiger partial charge in [-0.25, -0.2) is 8.78 Å². The Morgan fingerprint density at radius 1 is 1.04 bits per heavy atom. The van der Waals surface area contributed by atoms with Crippen LogP contribution in [0.5, 0.6) is 0 Å². The average molecular weight is 337 g/mol. The first-order chi connectivity index (χ1) is 11.1. The molecule has 0 aromatic heterocycles. The molecule has 6 heteroatoms. The molecule has 23 heavy (non-hydrogen) atoms. The van der Waals surface area contributed by atoms with Crippen molar-refractivity contribution < 1.29 is 13.5 Å². The van der Waals surface area contributed by atoms with E-state index in [1.165, 1.54) is 30.5 Å². The molecule has 1 aliphatic heterocycles. The molecule has 0 saturated carbocycles. The molecule has 0 bridgehead atoms. The molecule has 1 saturated heterocycles. The second kappa shape index (κ2) is 7.06. The molecule has 0 spiro atoms. The minimum atomic E-state index is -0.494. The largest absolute Gasteiger partial charge is 0.378 e. The molecule has 2 aromatic rings. The Morgan fingerprint density at radius 2 is 1.83 bits per heavy atom. The monoisotopic (exact) mass is 336 g/mol. The van der Waals surface area contributed by atoms with E-state index in [2.05, 4.69) is 4.99 Å². The van der Waals surface area contributed by atoms with Crippen molar-refractivity contribution in [3.8, 4) is 0 Å². The smallest absolute Gasteiger partial charge is 0.147 e. The molecular weight excluding hydrogens is 322 g/mol. The lowest BCUT2D eigenvalue weighted by Gasteiger charge is -2.29. The summed E-state index contributed by atoms with van der Waals surface area (Å²) in [6.45, 7) is 2.57. The van der Waals surface area contributed by atoms with Crippen LogP contribution in [0.4, 0.5) is 20.2 Å². The molecule has 0 N–H and O–H groups in total. The predicted molar refractivity (Wildman–Crippen MR) is 88.1 cm³/mol. The van der Waals surface area contributed by atoms with Crippen molar-refractivity contribution in [3.63, 3.8) is 0 Å². The van der Waals surface area contributed by atoms with Gasteiger partial charge in [-0.05, 0) is 35.9 Å². The van der Waals surface area contributed by atoms with E-state index in [0.717, 1.165) is 0 Å². The summed E-state index contributed by atoms with van der Waals surface area (Å²) in [7, 11) is 0.